The molecular weight excluding hydrogens is 436 g/mol. The molecule has 3 unspecified atom stereocenters. The maximum Gasteiger partial charge on any atom is 0.231 e. The average molecular weight is 463 g/mol. The summed E-state index contributed by atoms with van der Waals surface area (Å²) in [4.78, 5) is 28.4. The minimum atomic E-state index is -0.726. The summed E-state index contributed by atoms with van der Waals surface area (Å²) in [6.45, 7) is 1.57. The molecule has 8 nitrogen and oxygen atoms in total. The molecule has 4 atom stereocenters. The second-order valence-electron chi connectivity index (χ2n) is 9.17. The molecule has 6 rings (SSSR count). The van der Waals surface area contributed by atoms with Crippen molar-refractivity contribution in [3.05, 3.63) is 65.7 Å². The highest BCUT2D eigenvalue weighted by Gasteiger charge is 2.66. The standard InChI is InChI=1S/C26H26N2O6/c1-31-18-5-2-16(3-6-18)9-11-27-24(29)22-20-8-10-26(34-20)14-28(25(30)23(22)26)13-17-4-7-19-21(12-17)33-15-32-19/h2-8,10,12,20,22-23H,9,11,13-15H2,1H3,(H,27,29)/t20?,22?,23?,26-/m0/s1. The smallest absolute Gasteiger partial charge is 0.231 e. The highest BCUT2D eigenvalue weighted by molar-refractivity contribution is 5.93. The van der Waals surface area contributed by atoms with Crippen LogP contribution in [-0.4, -0.2) is 55.4 Å². The summed E-state index contributed by atoms with van der Waals surface area (Å²) < 4.78 is 22.2. The van der Waals surface area contributed by atoms with Gasteiger partial charge in [0, 0.05) is 13.1 Å². The van der Waals surface area contributed by atoms with Crippen LogP contribution in [0.5, 0.6) is 17.2 Å². The van der Waals surface area contributed by atoms with Crippen LogP contribution in [0.1, 0.15) is 11.1 Å². The van der Waals surface area contributed by atoms with E-state index >= 15 is 0 Å². The monoisotopic (exact) mass is 462 g/mol. The molecule has 4 aliphatic rings. The minimum Gasteiger partial charge on any atom is -0.497 e. The van der Waals surface area contributed by atoms with Crippen LogP contribution in [0.25, 0.3) is 0 Å². The number of fused-ring (bicyclic) bond motifs is 2. The number of ether oxygens (including phenoxy) is 4. The summed E-state index contributed by atoms with van der Waals surface area (Å²) in [5.41, 5.74) is 1.33. The highest BCUT2D eigenvalue weighted by Crippen LogP contribution is 2.52. The van der Waals surface area contributed by atoms with Gasteiger partial charge in [-0.15, -0.1) is 0 Å². The van der Waals surface area contributed by atoms with Crippen LogP contribution < -0.4 is 19.5 Å². The van der Waals surface area contributed by atoms with Crippen LogP contribution in [0.3, 0.4) is 0 Å². The Labute approximate surface area is 197 Å². The van der Waals surface area contributed by atoms with Gasteiger partial charge in [0.05, 0.1) is 31.6 Å². The van der Waals surface area contributed by atoms with Gasteiger partial charge >= 0.3 is 0 Å². The first-order valence-electron chi connectivity index (χ1n) is 11.5. The largest absolute Gasteiger partial charge is 0.497 e. The number of nitrogens with one attached hydrogen (secondary N) is 1. The van der Waals surface area contributed by atoms with E-state index in [4.69, 9.17) is 18.9 Å². The van der Waals surface area contributed by atoms with E-state index < -0.39 is 17.4 Å². The molecular formula is C26H26N2O6. The van der Waals surface area contributed by atoms with E-state index in [0.29, 0.717) is 37.6 Å². The Morgan fingerprint density at radius 2 is 1.94 bits per heavy atom. The summed E-state index contributed by atoms with van der Waals surface area (Å²) in [6, 6.07) is 13.5. The van der Waals surface area contributed by atoms with E-state index in [2.05, 4.69) is 5.32 Å². The SMILES string of the molecule is COc1ccc(CCNC(=O)C2C3C=C[C@@]4(CN(Cc5ccc6c(c5)OCO6)C(=O)C24)O3)cc1. The summed E-state index contributed by atoms with van der Waals surface area (Å²) in [6.07, 6.45) is 4.24. The van der Waals surface area contributed by atoms with E-state index in [1.165, 1.54) is 0 Å². The lowest BCUT2D eigenvalue weighted by atomic mass is 9.77. The van der Waals surface area contributed by atoms with Gasteiger partial charge in [-0.1, -0.05) is 30.4 Å². The van der Waals surface area contributed by atoms with E-state index in [1.807, 2.05) is 54.6 Å². The fourth-order valence-corrected chi connectivity index (χ4v) is 5.51. The topological polar surface area (TPSA) is 86.3 Å². The maximum absolute atomic E-state index is 13.4. The van der Waals surface area contributed by atoms with Crippen molar-refractivity contribution < 1.29 is 28.5 Å². The lowest BCUT2D eigenvalue weighted by molar-refractivity contribution is -0.137. The zero-order chi connectivity index (χ0) is 23.3. The summed E-state index contributed by atoms with van der Waals surface area (Å²) in [7, 11) is 1.63. The van der Waals surface area contributed by atoms with Crippen molar-refractivity contribution in [3.63, 3.8) is 0 Å². The molecule has 4 heterocycles. The molecule has 0 aliphatic carbocycles. The number of amides is 2. The predicted molar refractivity (Wildman–Crippen MR) is 121 cm³/mol. The van der Waals surface area contributed by atoms with Gasteiger partial charge in [0.15, 0.2) is 11.5 Å². The molecule has 2 fully saturated rings. The lowest BCUT2D eigenvalue weighted by Gasteiger charge is -2.23. The van der Waals surface area contributed by atoms with Gasteiger partial charge in [-0.05, 0) is 41.8 Å². The Kier molecular flexibility index (Phi) is 4.99. The van der Waals surface area contributed by atoms with Crippen molar-refractivity contribution in [1.82, 2.24) is 10.2 Å². The maximum atomic E-state index is 13.4. The number of likely N-dealkylation sites (tertiary alicyclic amines) is 1. The molecule has 1 N–H and O–H groups in total. The van der Waals surface area contributed by atoms with Gasteiger partial charge in [0.1, 0.15) is 11.4 Å². The van der Waals surface area contributed by atoms with Crippen molar-refractivity contribution in [3.8, 4) is 17.2 Å². The third kappa shape index (κ3) is 3.40. The summed E-state index contributed by atoms with van der Waals surface area (Å²) >= 11 is 0. The van der Waals surface area contributed by atoms with Crippen LogP contribution in [0.15, 0.2) is 54.6 Å². The molecule has 2 aromatic rings. The van der Waals surface area contributed by atoms with Gasteiger partial charge in [0.2, 0.25) is 18.6 Å². The first kappa shape index (κ1) is 21.0. The normalized spacial score (nSPS) is 27.9. The molecule has 34 heavy (non-hydrogen) atoms. The van der Waals surface area contributed by atoms with E-state index in [1.54, 1.807) is 12.0 Å². The van der Waals surface area contributed by atoms with Gasteiger partial charge < -0.3 is 29.2 Å². The van der Waals surface area contributed by atoms with Gasteiger partial charge in [-0.2, -0.15) is 0 Å². The Morgan fingerprint density at radius 3 is 2.76 bits per heavy atom. The van der Waals surface area contributed by atoms with E-state index in [0.717, 1.165) is 16.9 Å². The third-order valence-electron chi connectivity index (χ3n) is 7.16. The second kappa shape index (κ2) is 8.06. The molecule has 0 saturated carbocycles. The highest BCUT2D eigenvalue weighted by atomic mass is 16.7. The molecule has 2 amide bonds. The Hall–Kier alpha value is -3.52. The first-order chi connectivity index (χ1) is 16.6. The molecule has 0 aromatic heterocycles. The van der Waals surface area contributed by atoms with Crippen LogP contribution in [0, 0.1) is 11.8 Å². The van der Waals surface area contributed by atoms with Gasteiger partial charge in [-0.25, -0.2) is 0 Å². The fourth-order valence-electron chi connectivity index (χ4n) is 5.51. The Bertz CT molecular complexity index is 1160. The summed E-state index contributed by atoms with van der Waals surface area (Å²) in [5.74, 6) is 1.01. The number of hydrogen-bond acceptors (Lipinski definition) is 6. The summed E-state index contributed by atoms with van der Waals surface area (Å²) in [5, 5.41) is 3.02. The number of carbonyl (C=O) groups is 2. The van der Waals surface area contributed by atoms with E-state index in [9.17, 15) is 9.59 Å². The molecule has 8 heteroatoms. The van der Waals surface area contributed by atoms with Crippen molar-refractivity contribution in [1.29, 1.82) is 0 Å². The van der Waals surface area contributed by atoms with Crippen molar-refractivity contribution in [2.45, 2.75) is 24.7 Å². The number of benzene rings is 2. The van der Waals surface area contributed by atoms with Crippen molar-refractivity contribution in [2.75, 3.05) is 27.0 Å². The molecule has 4 aliphatic heterocycles. The zero-order valence-electron chi connectivity index (χ0n) is 18.9. The number of rotatable bonds is 7. The number of nitrogens with zero attached hydrogens (tertiary/aromatic N) is 1. The van der Waals surface area contributed by atoms with Crippen LogP contribution in [0.2, 0.25) is 0 Å². The van der Waals surface area contributed by atoms with Crippen molar-refractivity contribution in [2.24, 2.45) is 11.8 Å². The number of carbonyl (C=O) groups excluding carboxylic acids is 2. The average Bonchev–Trinajstić information content (AvgIpc) is 3.61. The van der Waals surface area contributed by atoms with E-state index in [-0.39, 0.29) is 24.7 Å². The van der Waals surface area contributed by atoms with Gasteiger partial charge in [-0.3, -0.25) is 9.59 Å². The van der Waals surface area contributed by atoms with Crippen LogP contribution in [-0.2, 0) is 27.3 Å². The Balaban J connectivity index is 1.12. The second-order valence-corrected chi connectivity index (χ2v) is 9.17. The van der Waals surface area contributed by atoms with Gasteiger partial charge in [0.25, 0.3) is 0 Å². The fraction of sp³-hybridized carbons (Fsp3) is 0.385. The zero-order valence-corrected chi connectivity index (χ0v) is 18.9. The number of hydrogen-bond donors (Lipinski definition) is 1. The number of methoxy groups -OCH3 is 1. The minimum absolute atomic E-state index is 0.0418. The first-order valence-corrected chi connectivity index (χ1v) is 11.5. The molecule has 2 saturated heterocycles. The lowest BCUT2D eigenvalue weighted by Crippen LogP contribution is -2.44. The van der Waals surface area contributed by atoms with Crippen LogP contribution in [0.4, 0.5) is 0 Å². The predicted octanol–water partition coefficient (Wildman–Crippen LogP) is 2.06. The molecule has 1 spiro atoms. The third-order valence-corrected chi connectivity index (χ3v) is 7.16. The molecule has 176 valence electrons. The molecule has 2 aromatic carbocycles. The Morgan fingerprint density at radius 1 is 1.15 bits per heavy atom. The quantitative estimate of drug-likeness (QED) is 0.634. The van der Waals surface area contributed by atoms with Crippen LogP contribution >= 0.6 is 0 Å². The van der Waals surface area contributed by atoms with Crippen molar-refractivity contribution >= 4 is 11.8 Å². The molecule has 2 bridgehead atoms. The molecule has 0 radical (unpaired) electrons.